The van der Waals surface area contributed by atoms with Gasteiger partial charge in [-0.05, 0) is 56.0 Å². The Balaban J connectivity index is 1.95. The molecule has 1 saturated heterocycles. The van der Waals surface area contributed by atoms with Crippen LogP contribution in [0.25, 0.3) is 0 Å². The summed E-state index contributed by atoms with van der Waals surface area (Å²) in [6.45, 7) is 10.7. The second-order valence-electron chi connectivity index (χ2n) is 7.09. The van der Waals surface area contributed by atoms with Crippen molar-refractivity contribution in [1.29, 1.82) is 0 Å². The quantitative estimate of drug-likeness (QED) is 0.917. The van der Waals surface area contributed by atoms with Crippen molar-refractivity contribution in [2.24, 2.45) is 0 Å². The molecule has 3 heteroatoms. The van der Waals surface area contributed by atoms with Gasteiger partial charge in [0.2, 0.25) is 5.91 Å². The second-order valence-corrected chi connectivity index (χ2v) is 7.09. The number of piperidine rings is 1. The van der Waals surface area contributed by atoms with E-state index in [1.54, 1.807) is 0 Å². The van der Waals surface area contributed by atoms with Crippen molar-refractivity contribution in [2.75, 3.05) is 18.4 Å². The second kappa shape index (κ2) is 6.61. The summed E-state index contributed by atoms with van der Waals surface area (Å²) in [4.78, 5) is 14.6. The van der Waals surface area contributed by atoms with Crippen molar-refractivity contribution >= 4 is 11.6 Å². The number of rotatable bonds is 3. The number of hydrogen-bond donors (Lipinski definition) is 1. The molecule has 3 nitrogen and oxygen atoms in total. The molecule has 0 spiro atoms. The van der Waals surface area contributed by atoms with Gasteiger partial charge in [-0.2, -0.15) is 0 Å². The molecule has 1 aliphatic rings. The van der Waals surface area contributed by atoms with E-state index >= 15 is 0 Å². The molecule has 1 amide bonds. The Morgan fingerprint density at radius 3 is 2.19 bits per heavy atom. The Morgan fingerprint density at radius 2 is 1.67 bits per heavy atom. The van der Waals surface area contributed by atoms with E-state index < -0.39 is 0 Å². The van der Waals surface area contributed by atoms with Crippen LogP contribution in [0.3, 0.4) is 0 Å². The van der Waals surface area contributed by atoms with Gasteiger partial charge in [0.1, 0.15) is 0 Å². The van der Waals surface area contributed by atoms with Crippen LogP contribution in [0.4, 0.5) is 5.69 Å². The predicted octanol–water partition coefficient (Wildman–Crippen LogP) is 3.80. The van der Waals surface area contributed by atoms with Crippen LogP contribution in [0.2, 0.25) is 0 Å². The minimum absolute atomic E-state index is 0.0485. The number of carbonyl (C=O) groups is 1. The van der Waals surface area contributed by atoms with Crippen LogP contribution in [0, 0.1) is 0 Å². The molecule has 0 aliphatic carbocycles. The number of carbonyl (C=O) groups excluding carboxylic acids is 1. The van der Waals surface area contributed by atoms with Gasteiger partial charge >= 0.3 is 0 Å². The molecule has 1 aromatic carbocycles. The molecule has 1 N–H and O–H groups in total. The lowest BCUT2D eigenvalue weighted by Gasteiger charge is -2.31. The minimum atomic E-state index is -0.0485. The fraction of sp³-hybridized carbons (Fsp3) is 0.611. The molecule has 0 saturated carbocycles. The number of likely N-dealkylation sites (tertiary alicyclic amines) is 1. The molecule has 1 atom stereocenters. The normalized spacial score (nSPS) is 18.3. The molecular formula is C18H28N2O. The molecule has 0 radical (unpaired) electrons. The summed E-state index contributed by atoms with van der Waals surface area (Å²) in [6, 6.07) is 8.15. The van der Waals surface area contributed by atoms with Crippen LogP contribution in [0.5, 0.6) is 0 Å². The van der Waals surface area contributed by atoms with Gasteiger partial charge in [0.05, 0.1) is 6.04 Å². The molecule has 2 rings (SSSR count). The maximum absolute atomic E-state index is 12.3. The molecule has 0 unspecified atom stereocenters. The Kier molecular flexibility index (Phi) is 5.04. The van der Waals surface area contributed by atoms with E-state index in [2.05, 4.69) is 43.1 Å². The van der Waals surface area contributed by atoms with Gasteiger partial charge in [0.15, 0.2) is 0 Å². The van der Waals surface area contributed by atoms with Crippen LogP contribution in [-0.4, -0.2) is 29.9 Å². The number of hydrogen-bond acceptors (Lipinski definition) is 2. The SMILES string of the molecule is C[C@@H](C(=O)Nc1ccc(C(C)(C)C)cc1)N1CCCCC1. The smallest absolute Gasteiger partial charge is 0.241 e. The van der Waals surface area contributed by atoms with Crippen molar-refractivity contribution in [1.82, 2.24) is 4.90 Å². The highest BCUT2D eigenvalue weighted by Gasteiger charge is 2.22. The Bertz CT molecular complexity index is 467. The summed E-state index contributed by atoms with van der Waals surface area (Å²) < 4.78 is 0. The minimum Gasteiger partial charge on any atom is -0.325 e. The van der Waals surface area contributed by atoms with Crippen molar-refractivity contribution < 1.29 is 4.79 Å². The number of benzene rings is 1. The molecule has 0 aromatic heterocycles. The molecule has 1 aliphatic heterocycles. The first kappa shape index (κ1) is 16.0. The standard InChI is InChI=1S/C18H28N2O/c1-14(20-12-6-5-7-13-20)17(21)19-16-10-8-15(9-11-16)18(2,3)4/h8-11,14H,5-7,12-13H2,1-4H3,(H,19,21)/t14-/m0/s1. The highest BCUT2D eigenvalue weighted by Crippen LogP contribution is 2.23. The van der Waals surface area contributed by atoms with Crippen LogP contribution < -0.4 is 5.32 Å². The molecule has 1 fully saturated rings. The molecule has 1 heterocycles. The fourth-order valence-corrected chi connectivity index (χ4v) is 2.77. The van der Waals surface area contributed by atoms with E-state index in [0.717, 1.165) is 18.8 Å². The van der Waals surface area contributed by atoms with E-state index in [1.165, 1.54) is 24.8 Å². The molecule has 1 aromatic rings. The Labute approximate surface area is 128 Å². The van der Waals surface area contributed by atoms with Crippen LogP contribution in [0.15, 0.2) is 24.3 Å². The summed E-state index contributed by atoms with van der Waals surface area (Å²) in [5.41, 5.74) is 2.31. The van der Waals surface area contributed by atoms with Crippen LogP contribution >= 0.6 is 0 Å². The maximum atomic E-state index is 12.3. The molecular weight excluding hydrogens is 260 g/mol. The highest BCUT2D eigenvalue weighted by molar-refractivity contribution is 5.94. The van der Waals surface area contributed by atoms with E-state index in [1.807, 2.05) is 19.1 Å². The van der Waals surface area contributed by atoms with E-state index in [-0.39, 0.29) is 17.4 Å². The third kappa shape index (κ3) is 4.31. The number of nitrogens with zero attached hydrogens (tertiary/aromatic N) is 1. The zero-order valence-electron chi connectivity index (χ0n) is 13.8. The lowest BCUT2D eigenvalue weighted by Crippen LogP contribution is -2.44. The monoisotopic (exact) mass is 288 g/mol. The summed E-state index contributed by atoms with van der Waals surface area (Å²) in [6.07, 6.45) is 3.70. The largest absolute Gasteiger partial charge is 0.325 e. The molecule has 0 bridgehead atoms. The first-order valence-corrected chi connectivity index (χ1v) is 8.03. The average Bonchev–Trinajstić information content (AvgIpc) is 2.47. The van der Waals surface area contributed by atoms with Gasteiger partial charge in [-0.15, -0.1) is 0 Å². The van der Waals surface area contributed by atoms with Gasteiger partial charge in [-0.3, -0.25) is 9.69 Å². The van der Waals surface area contributed by atoms with Crippen LogP contribution in [0.1, 0.15) is 52.5 Å². The lowest BCUT2D eigenvalue weighted by atomic mass is 9.87. The highest BCUT2D eigenvalue weighted by atomic mass is 16.2. The van der Waals surface area contributed by atoms with Crippen molar-refractivity contribution in [3.8, 4) is 0 Å². The van der Waals surface area contributed by atoms with E-state index in [0.29, 0.717) is 0 Å². The van der Waals surface area contributed by atoms with E-state index in [9.17, 15) is 4.79 Å². The van der Waals surface area contributed by atoms with Crippen molar-refractivity contribution in [3.63, 3.8) is 0 Å². The first-order chi connectivity index (χ1) is 9.88. The number of nitrogens with one attached hydrogen (secondary N) is 1. The Morgan fingerprint density at radius 1 is 1.10 bits per heavy atom. The van der Waals surface area contributed by atoms with E-state index in [4.69, 9.17) is 0 Å². The lowest BCUT2D eigenvalue weighted by molar-refractivity contribution is -0.121. The third-order valence-corrected chi connectivity index (χ3v) is 4.34. The summed E-state index contributed by atoms with van der Waals surface area (Å²) >= 11 is 0. The Hall–Kier alpha value is -1.35. The van der Waals surface area contributed by atoms with Crippen LogP contribution in [-0.2, 0) is 10.2 Å². The summed E-state index contributed by atoms with van der Waals surface area (Å²) in [7, 11) is 0. The van der Waals surface area contributed by atoms with Gasteiger partial charge in [-0.1, -0.05) is 39.3 Å². The average molecular weight is 288 g/mol. The van der Waals surface area contributed by atoms with Gasteiger partial charge < -0.3 is 5.32 Å². The van der Waals surface area contributed by atoms with Gasteiger partial charge in [0, 0.05) is 5.69 Å². The number of amides is 1. The topological polar surface area (TPSA) is 32.3 Å². The van der Waals surface area contributed by atoms with Gasteiger partial charge in [-0.25, -0.2) is 0 Å². The summed E-state index contributed by atoms with van der Waals surface area (Å²) in [5, 5.41) is 3.04. The van der Waals surface area contributed by atoms with Gasteiger partial charge in [0.25, 0.3) is 0 Å². The molecule has 116 valence electrons. The summed E-state index contributed by atoms with van der Waals surface area (Å²) in [5.74, 6) is 0.0976. The fourth-order valence-electron chi connectivity index (χ4n) is 2.77. The molecule has 21 heavy (non-hydrogen) atoms. The maximum Gasteiger partial charge on any atom is 0.241 e. The zero-order valence-corrected chi connectivity index (χ0v) is 13.8. The third-order valence-electron chi connectivity index (χ3n) is 4.34. The van der Waals surface area contributed by atoms with Crippen molar-refractivity contribution in [3.05, 3.63) is 29.8 Å². The first-order valence-electron chi connectivity index (χ1n) is 8.03. The zero-order chi connectivity index (χ0) is 15.5. The number of anilines is 1. The predicted molar refractivity (Wildman–Crippen MR) is 88.7 cm³/mol. The van der Waals surface area contributed by atoms with Crippen molar-refractivity contribution in [2.45, 2.75) is 58.4 Å².